The quantitative estimate of drug-likeness (QED) is 0.773. The Morgan fingerprint density at radius 2 is 1.88 bits per heavy atom. The third kappa shape index (κ3) is 3.88. The summed E-state index contributed by atoms with van der Waals surface area (Å²) in [5.74, 6) is -0.992. The largest absolute Gasteiger partial charge is 0.403 e. The second kappa shape index (κ2) is 5.49. The monoisotopic (exact) mass is 226 g/mol. The molecule has 0 spiro atoms. The Morgan fingerprint density at radius 3 is 2.25 bits per heavy atom. The van der Waals surface area contributed by atoms with Gasteiger partial charge in [0.25, 0.3) is 0 Å². The molecule has 0 radical (unpaired) electrons. The predicted octanol–water partition coefficient (Wildman–Crippen LogP) is 2.61. The number of hydrogen-bond acceptors (Lipinski definition) is 2. The van der Waals surface area contributed by atoms with Crippen LogP contribution in [0.2, 0.25) is 0 Å². The number of allylic oxidation sites excluding steroid dienone is 1. The zero-order chi connectivity index (χ0) is 12.1. The Hall–Kier alpha value is -1.58. The van der Waals surface area contributed by atoms with E-state index in [2.05, 4.69) is 0 Å². The van der Waals surface area contributed by atoms with Crippen LogP contribution in [0.1, 0.15) is 31.2 Å². The summed E-state index contributed by atoms with van der Waals surface area (Å²) in [5.41, 5.74) is 11.5. The summed E-state index contributed by atoms with van der Waals surface area (Å²) in [6.07, 6.45) is 3.59. The molecule has 1 aliphatic rings. The zero-order valence-electron chi connectivity index (χ0n) is 9.21. The van der Waals surface area contributed by atoms with E-state index in [0.717, 1.165) is 18.4 Å². The SMILES string of the molecule is C/C(N)=C/N.Fc1ccc(C2CC2)cc1F. The van der Waals surface area contributed by atoms with E-state index in [0.29, 0.717) is 11.6 Å². The van der Waals surface area contributed by atoms with Crippen molar-refractivity contribution in [2.24, 2.45) is 11.5 Å². The van der Waals surface area contributed by atoms with Crippen molar-refractivity contribution in [2.75, 3.05) is 0 Å². The first-order chi connectivity index (χ1) is 7.54. The van der Waals surface area contributed by atoms with Gasteiger partial charge < -0.3 is 11.5 Å². The lowest BCUT2D eigenvalue weighted by Crippen LogP contribution is -1.93. The Kier molecular flexibility index (Phi) is 4.28. The molecule has 88 valence electrons. The lowest BCUT2D eigenvalue weighted by atomic mass is 10.1. The van der Waals surface area contributed by atoms with E-state index < -0.39 is 11.6 Å². The minimum absolute atomic E-state index is 0.491. The van der Waals surface area contributed by atoms with Crippen molar-refractivity contribution in [3.05, 3.63) is 47.3 Å². The average molecular weight is 226 g/mol. The van der Waals surface area contributed by atoms with Crippen LogP contribution in [0, 0.1) is 11.6 Å². The number of hydrogen-bond donors (Lipinski definition) is 2. The second-order valence-electron chi connectivity index (χ2n) is 3.86. The molecule has 0 bridgehead atoms. The standard InChI is InChI=1S/C9H8F2.C3H8N2/c10-8-4-3-7(5-9(8)11)6-1-2-6;1-3(5)2-4/h3-6H,1-2H2;2H,4-5H2,1H3/b;3-2-. The van der Waals surface area contributed by atoms with Crippen molar-refractivity contribution in [3.8, 4) is 0 Å². The molecule has 1 saturated carbocycles. The summed E-state index contributed by atoms with van der Waals surface area (Å²) < 4.78 is 25.0. The van der Waals surface area contributed by atoms with Gasteiger partial charge in [0.1, 0.15) is 0 Å². The molecule has 0 unspecified atom stereocenters. The summed E-state index contributed by atoms with van der Waals surface area (Å²) >= 11 is 0. The van der Waals surface area contributed by atoms with E-state index in [9.17, 15) is 8.78 Å². The van der Waals surface area contributed by atoms with Crippen molar-refractivity contribution in [2.45, 2.75) is 25.7 Å². The molecule has 0 aromatic heterocycles. The minimum atomic E-state index is -0.755. The van der Waals surface area contributed by atoms with Crippen LogP contribution in [-0.2, 0) is 0 Å². The molecule has 2 rings (SSSR count). The Labute approximate surface area is 93.9 Å². The molecule has 2 nitrogen and oxygen atoms in total. The van der Waals surface area contributed by atoms with Gasteiger partial charge in [-0.2, -0.15) is 0 Å². The van der Waals surface area contributed by atoms with Crippen LogP contribution in [0.15, 0.2) is 30.1 Å². The normalized spacial score (nSPS) is 15.3. The fourth-order valence-corrected chi connectivity index (χ4v) is 1.18. The van der Waals surface area contributed by atoms with E-state index in [-0.39, 0.29) is 0 Å². The molecule has 0 saturated heterocycles. The van der Waals surface area contributed by atoms with Crippen LogP contribution in [0.4, 0.5) is 8.78 Å². The van der Waals surface area contributed by atoms with Gasteiger partial charge in [-0.1, -0.05) is 6.07 Å². The molecule has 4 N–H and O–H groups in total. The van der Waals surface area contributed by atoms with Crippen LogP contribution in [0.25, 0.3) is 0 Å². The number of benzene rings is 1. The minimum Gasteiger partial charge on any atom is -0.403 e. The molecule has 16 heavy (non-hydrogen) atoms. The molecule has 1 fully saturated rings. The van der Waals surface area contributed by atoms with E-state index in [1.165, 1.54) is 18.3 Å². The molecule has 4 heteroatoms. The lowest BCUT2D eigenvalue weighted by Gasteiger charge is -1.97. The maximum atomic E-state index is 12.6. The fourth-order valence-electron chi connectivity index (χ4n) is 1.18. The van der Waals surface area contributed by atoms with E-state index in [1.807, 2.05) is 0 Å². The number of nitrogens with two attached hydrogens (primary N) is 2. The highest BCUT2D eigenvalue weighted by atomic mass is 19.2. The highest BCUT2D eigenvalue weighted by Gasteiger charge is 2.24. The molecule has 1 aliphatic carbocycles. The molecule has 1 aromatic carbocycles. The smallest absolute Gasteiger partial charge is 0.159 e. The molecule has 0 amide bonds. The molecule has 0 aliphatic heterocycles. The van der Waals surface area contributed by atoms with Gasteiger partial charge in [-0.25, -0.2) is 8.78 Å². The van der Waals surface area contributed by atoms with Gasteiger partial charge in [0.15, 0.2) is 11.6 Å². The van der Waals surface area contributed by atoms with E-state index in [4.69, 9.17) is 11.5 Å². The van der Waals surface area contributed by atoms with Gasteiger partial charge in [-0.3, -0.25) is 0 Å². The van der Waals surface area contributed by atoms with Crippen LogP contribution in [-0.4, -0.2) is 0 Å². The van der Waals surface area contributed by atoms with Gasteiger partial charge in [0.05, 0.1) is 0 Å². The first-order valence-corrected chi connectivity index (χ1v) is 5.13. The molecule has 0 heterocycles. The van der Waals surface area contributed by atoms with Crippen LogP contribution in [0.5, 0.6) is 0 Å². The van der Waals surface area contributed by atoms with Gasteiger partial charge in [0, 0.05) is 11.9 Å². The fraction of sp³-hybridized carbons (Fsp3) is 0.333. The highest BCUT2D eigenvalue weighted by Crippen LogP contribution is 2.40. The predicted molar refractivity (Wildman–Crippen MR) is 60.5 cm³/mol. The summed E-state index contributed by atoms with van der Waals surface area (Å²) in [5, 5.41) is 0. The molecule has 1 aromatic rings. The van der Waals surface area contributed by atoms with Crippen molar-refractivity contribution >= 4 is 0 Å². The van der Waals surface area contributed by atoms with Gasteiger partial charge in [-0.05, 0) is 43.4 Å². The zero-order valence-corrected chi connectivity index (χ0v) is 9.21. The second-order valence-corrected chi connectivity index (χ2v) is 3.86. The maximum Gasteiger partial charge on any atom is 0.159 e. The van der Waals surface area contributed by atoms with Crippen molar-refractivity contribution in [1.82, 2.24) is 0 Å². The molecule has 0 atom stereocenters. The summed E-state index contributed by atoms with van der Waals surface area (Å²) in [4.78, 5) is 0. The van der Waals surface area contributed by atoms with Crippen LogP contribution in [0.3, 0.4) is 0 Å². The number of halogens is 2. The Balaban J connectivity index is 0.000000221. The third-order valence-corrected chi connectivity index (χ3v) is 2.26. The van der Waals surface area contributed by atoms with Gasteiger partial charge in [-0.15, -0.1) is 0 Å². The van der Waals surface area contributed by atoms with E-state index in [1.54, 1.807) is 13.0 Å². The van der Waals surface area contributed by atoms with Gasteiger partial charge >= 0.3 is 0 Å². The van der Waals surface area contributed by atoms with Crippen molar-refractivity contribution in [3.63, 3.8) is 0 Å². The summed E-state index contributed by atoms with van der Waals surface area (Å²) in [6, 6.07) is 4.16. The average Bonchev–Trinajstić information content (AvgIpc) is 3.06. The van der Waals surface area contributed by atoms with E-state index >= 15 is 0 Å². The lowest BCUT2D eigenvalue weighted by molar-refractivity contribution is 0.507. The Bertz CT molecular complexity index is 381. The summed E-state index contributed by atoms with van der Waals surface area (Å²) in [7, 11) is 0. The number of rotatable bonds is 1. The van der Waals surface area contributed by atoms with Gasteiger partial charge in [0.2, 0.25) is 0 Å². The Morgan fingerprint density at radius 1 is 1.31 bits per heavy atom. The third-order valence-electron chi connectivity index (χ3n) is 2.26. The first-order valence-electron chi connectivity index (χ1n) is 5.13. The molecular weight excluding hydrogens is 210 g/mol. The van der Waals surface area contributed by atoms with Crippen molar-refractivity contribution < 1.29 is 8.78 Å². The summed E-state index contributed by atoms with van der Waals surface area (Å²) in [6.45, 7) is 1.74. The van der Waals surface area contributed by atoms with Crippen LogP contribution < -0.4 is 11.5 Å². The van der Waals surface area contributed by atoms with Crippen LogP contribution >= 0.6 is 0 Å². The maximum absolute atomic E-state index is 12.6. The first kappa shape index (κ1) is 12.5. The topological polar surface area (TPSA) is 52.0 Å². The molecular formula is C12H16F2N2. The van der Waals surface area contributed by atoms with Crippen molar-refractivity contribution in [1.29, 1.82) is 0 Å². The highest BCUT2D eigenvalue weighted by molar-refractivity contribution is 5.24.